The summed E-state index contributed by atoms with van der Waals surface area (Å²) in [5.41, 5.74) is 0.730. The van der Waals surface area contributed by atoms with Gasteiger partial charge in [-0.3, -0.25) is 9.59 Å². The summed E-state index contributed by atoms with van der Waals surface area (Å²) in [4.78, 5) is 38.3. The predicted octanol–water partition coefficient (Wildman–Crippen LogP) is 3.18. The second-order valence-corrected chi connectivity index (χ2v) is 6.55. The van der Waals surface area contributed by atoms with Gasteiger partial charge in [-0.15, -0.1) is 0 Å². The third-order valence-electron chi connectivity index (χ3n) is 4.41. The Morgan fingerprint density at radius 3 is 2.15 bits per heavy atom. The van der Waals surface area contributed by atoms with Gasteiger partial charge >= 0.3 is 5.97 Å². The van der Waals surface area contributed by atoms with Crippen LogP contribution < -0.4 is 5.32 Å². The number of nitrogens with one attached hydrogen (secondary N) is 1. The number of benzene rings is 1. The Morgan fingerprint density at radius 1 is 1.08 bits per heavy atom. The van der Waals surface area contributed by atoms with Gasteiger partial charge in [-0.2, -0.15) is 0 Å². The third-order valence-corrected chi connectivity index (χ3v) is 4.41. The number of amides is 2. The van der Waals surface area contributed by atoms with Crippen molar-refractivity contribution in [1.29, 1.82) is 0 Å². The average molecular weight is 362 g/mol. The van der Waals surface area contributed by atoms with Gasteiger partial charge < -0.3 is 15.3 Å². The number of hydrogen-bond acceptors (Lipinski definition) is 3. The van der Waals surface area contributed by atoms with Crippen molar-refractivity contribution in [2.45, 2.75) is 53.0 Å². The summed E-state index contributed by atoms with van der Waals surface area (Å²) < 4.78 is 0. The molecule has 0 heterocycles. The number of nitrogens with zero attached hydrogens (tertiary/aromatic N) is 1. The highest BCUT2D eigenvalue weighted by Crippen LogP contribution is 2.12. The summed E-state index contributed by atoms with van der Waals surface area (Å²) >= 11 is 0. The maximum atomic E-state index is 12.7. The number of rotatable bonds is 10. The van der Waals surface area contributed by atoms with Crippen LogP contribution in [0.2, 0.25) is 0 Å². The number of carbonyl (C=O) groups excluding carboxylic acids is 2. The van der Waals surface area contributed by atoms with Crippen LogP contribution in [0, 0.1) is 5.92 Å². The Hall–Kier alpha value is -2.37. The fourth-order valence-corrected chi connectivity index (χ4v) is 2.74. The van der Waals surface area contributed by atoms with Crippen LogP contribution >= 0.6 is 0 Å². The molecular weight excluding hydrogens is 332 g/mol. The van der Waals surface area contributed by atoms with Crippen molar-refractivity contribution in [1.82, 2.24) is 10.2 Å². The van der Waals surface area contributed by atoms with Crippen molar-refractivity contribution in [2.24, 2.45) is 5.92 Å². The first-order valence-corrected chi connectivity index (χ1v) is 9.28. The van der Waals surface area contributed by atoms with E-state index in [0.717, 1.165) is 12.8 Å². The van der Waals surface area contributed by atoms with Crippen molar-refractivity contribution >= 4 is 17.8 Å². The molecule has 144 valence electrons. The Kier molecular flexibility index (Phi) is 8.82. The van der Waals surface area contributed by atoms with E-state index in [0.29, 0.717) is 30.6 Å². The van der Waals surface area contributed by atoms with Gasteiger partial charge in [0.15, 0.2) is 0 Å². The normalized spacial score (nSPS) is 12.9. The molecule has 0 radical (unpaired) electrons. The Balaban J connectivity index is 2.98. The minimum absolute atomic E-state index is 0.111. The molecular formula is C20H30N2O4. The van der Waals surface area contributed by atoms with E-state index in [1.54, 1.807) is 30.0 Å². The molecule has 1 rings (SSSR count). The zero-order valence-corrected chi connectivity index (χ0v) is 16.1. The molecule has 0 saturated carbocycles. The molecule has 0 saturated heterocycles. The lowest BCUT2D eigenvalue weighted by molar-refractivity contribution is -0.140. The number of hydrogen-bond donors (Lipinski definition) is 2. The van der Waals surface area contributed by atoms with Gasteiger partial charge in [-0.25, -0.2) is 4.79 Å². The van der Waals surface area contributed by atoms with Crippen LogP contribution in [0.5, 0.6) is 0 Å². The number of carboxylic acids is 1. The lowest BCUT2D eigenvalue weighted by atomic mass is 9.98. The fourth-order valence-electron chi connectivity index (χ4n) is 2.74. The van der Waals surface area contributed by atoms with Gasteiger partial charge in [0.1, 0.15) is 6.04 Å². The van der Waals surface area contributed by atoms with Gasteiger partial charge in [-0.1, -0.05) is 40.2 Å². The van der Waals surface area contributed by atoms with E-state index in [4.69, 9.17) is 0 Å². The molecule has 0 fully saturated rings. The lowest BCUT2D eigenvalue weighted by Crippen LogP contribution is -2.45. The van der Waals surface area contributed by atoms with Gasteiger partial charge in [0.25, 0.3) is 11.8 Å². The van der Waals surface area contributed by atoms with E-state index in [2.05, 4.69) is 5.32 Å². The maximum Gasteiger partial charge on any atom is 0.326 e. The summed E-state index contributed by atoms with van der Waals surface area (Å²) in [5, 5.41) is 11.9. The molecule has 6 heteroatoms. The Morgan fingerprint density at radius 2 is 1.65 bits per heavy atom. The molecule has 2 N–H and O–H groups in total. The Bertz CT molecular complexity index is 624. The highest BCUT2D eigenvalue weighted by molar-refractivity contribution is 6.00. The molecule has 2 atom stereocenters. The summed E-state index contributed by atoms with van der Waals surface area (Å²) in [6.45, 7) is 9.02. The first-order chi connectivity index (χ1) is 12.3. The van der Waals surface area contributed by atoms with Crippen LogP contribution in [0.1, 0.15) is 67.7 Å². The van der Waals surface area contributed by atoms with Gasteiger partial charge in [0, 0.05) is 24.2 Å². The second kappa shape index (κ2) is 10.6. The average Bonchev–Trinajstić information content (AvgIpc) is 2.64. The van der Waals surface area contributed by atoms with E-state index >= 15 is 0 Å². The van der Waals surface area contributed by atoms with Crippen molar-refractivity contribution in [3.63, 3.8) is 0 Å². The summed E-state index contributed by atoms with van der Waals surface area (Å²) in [6, 6.07) is 5.50. The number of carbonyl (C=O) groups is 3. The van der Waals surface area contributed by atoms with Crippen LogP contribution in [0.3, 0.4) is 0 Å². The van der Waals surface area contributed by atoms with Crippen LogP contribution in [-0.2, 0) is 4.79 Å². The zero-order chi connectivity index (χ0) is 19.7. The molecule has 0 aliphatic rings. The SMILES string of the molecule is CCCN(CCC)C(=O)c1cccc(C(=O)N[C@H](C(=O)O)[C@@H](C)CC)c1. The van der Waals surface area contributed by atoms with E-state index in [-0.39, 0.29) is 11.8 Å². The van der Waals surface area contributed by atoms with Crippen LogP contribution in [0.25, 0.3) is 0 Å². The molecule has 0 bridgehead atoms. The first-order valence-electron chi connectivity index (χ1n) is 9.28. The molecule has 0 unspecified atom stereocenters. The lowest BCUT2D eigenvalue weighted by Gasteiger charge is -2.22. The van der Waals surface area contributed by atoms with Crippen LogP contribution in [0.15, 0.2) is 24.3 Å². The number of carboxylic acid groups (broad SMARTS) is 1. The molecule has 6 nitrogen and oxygen atoms in total. The van der Waals surface area contributed by atoms with Crippen molar-refractivity contribution < 1.29 is 19.5 Å². The minimum Gasteiger partial charge on any atom is -0.480 e. The predicted molar refractivity (Wildman–Crippen MR) is 101 cm³/mol. The highest BCUT2D eigenvalue weighted by atomic mass is 16.4. The molecule has 1 aromatic rings. The smallest absolute Gasteiger partial charge is 0.326 e. The monoisotopic (exact) mass is 362 g/mol. The van der Waals surface area contributed by atoms with Gasteiger partial charge in [0.2, 0.25) is 0 Å². The minimum atomic E-state index is -1.06. The van der Waals surface area contributed by atoms with E-state index in [1.807, 2.05) is 20.8 Å². The second-order valence-electron chi connectivity index (χ2n) is 6.55. The van der Waals surface area contributed by atoms with Crippen molar-refractivity contribution in [2.75, 3.05) is 13.1 Å². The van der Waals surface area contributed by atoms with E-state index in [1.165, 1.54) is 6.07 Å². The third kappa shape index (κ3) is 5.86. The molecule has 1 aromatic carbocycles. The molecule has 26 heavy (non-hydrogen) atoms. The molecule has 0 spiro atoms. The number of aliphatic carboxylic acids is 1. The van der Waals surface area contributed by atoms with E-state index < -0.39 is 17.9 Å². The van der Waals surface area contributed by atoms with Crippen LogP contribution in [-0.4, -0.2) is 46.9 Å². The summed E-state index contributed by atoms with van der Waals surface area (Å²) in [6.07, 6.45) is 2.36. The quantitative estimate of drug-likeness (QED) is 0.669. The molecule has 0 aliphatic heterocycles. The summed E-state index contributed by atoms with van der Waals surface area (Å²) in [5.74, 6) is -1.84. The zero-order valence-electron chi connectivity index (χ0n) is 16.1. The summed E-state index contributed by atoms with van der Waals surface area (Å²) in [7, 11) is 0. The fraction of sp³-hybridized carbons (Fsp3) is 0.550. The Labute approximate surface area is 155 Å². The highest BCUT2D eigenvalue weighted by Gasteiger charge is 2.26. The van der Waals surface area contributed by atoms with Gasteiger partial charge in [-0.05, 0) is 37.0 Å². The first kappa shape index (κ1) is 21.7. The molecule has 0 aromatic heterocycles. The molecule has 2 amide bonds. The maximum absolute atomic E-state index is 12.7. The van der Waals surface area contributed by atoms with Gasteiger partial charge in [0.05, 0.1) is 0 Å². The topological polar surface area (TPSA) is 86.7 Å². The van der Waals surface area contributed by atoms with E-state index in [9.17, 15) is 19.5 Å². The van der Waals surface area contributed by atoms with Crippen molar-refractivity contribution in [3.05, 3.63) is 35.4 Å². The largest absolute Gasteiger partial charge is 0.480 e. The standard InChI is InChI=1S/C20H30N2O4/c1-5-11-22(12-6-2)19(24)16-10-8-9-15(13-16)18(23)21-17(20(25)26)14(4)7-3/h8-10,13-14,17H,5-7,11-12H2,1-4H3,(H,21,23)(H,25,26)/t14-,17-/m0/s1. The molecule has 0 aliphatic carbocycles. The van der Waals surface area contributed by atoms with Crippen molar-refractivity contribution in [3.8, 4) is 0 Å². The van der Waals surface area contributed by atoms with Crippen LogP contribution in [0.4, 0.5) is 0 Å².